The van der Waals surface area contributed by atoms with Gasteiger partial charge in [0.1, 0.15) is 11.1 Å². The fourth-order valence-electron chi connectivity index (χ4n) is 3.18. The van der Waals surface area contributed by atoms with E-state index in [1.165, 1.54) is 23.9 Å². The lowest BCUT2D eigenvalue weighted by atomic mass is 10.0. The highest BCUT2D eigenvalue weighted by molar-refractivity contribution is 8.00. The van der Waals surface area contributed by atoms with Gasteiger partial charge in [-0.2, -0.15) is 0 Å². The zero-order valence-corrected chi connectivity index (χ0v) is 17.4. The second-order valence-corrected chi connectivity index (χ2v) is 8.28. The molecule has 0 radical (unpaired) electrons. The van der Waals surface area contributed by atoms with E-state index < -0.39 is 11.3 Å². The summed E-state index contributed by atoms with van der Waals surface area (Å²) in [5.41, 5.74) is 5.69. The monoisotopic (exact) mass is 431 g/mol. The quantitative estimate of drug-likeness (QED) is 0.643. The Morgan fingerprint density at radius 1 is 1.28 bits per heavy atom. The zero-order valence-electron chi connectivity index (χ0n) is 15.8. The Hall–Kier alpha value is -2.58. The lowest BCUT2D eigenvalue weighted by Gasteiger charge is -2.33. The van der Waals surface area contributed by atoms with E-state index >= 15 is 0 Å². The number of hydrogen-bond acceptors (Lipinski definition) is 5. The normalized spacial score (nSPS) is 18.1. The molecule has 150 valence electrons. The van der Waals surface area contributed by atoms with Gasteiger partial charge < -0.3 is 10.7 Å². The number of aryl methyl sites for hydroxylation is 2. The summed E-state index contributed by atoms with van der Waals surface area (Å²) in [7, 11) is 0. The smallest absolute Gasteiger partial charge is 0.240 e. The first kappa shape index (κ1) is 19.7. The number of benzene rings is 2. The summed E-state index contributed by atoms with van der Waals surface area (Å²) >= 11 is 7.41. The topological polar surface area (TPSA) is 71.8 Å². The third-order valence-corrected chi connectivity index (χ3v) is 6.22. The number of carbonyl (C=O) groups excluding carboxylic acids is 1. The van der Waals surface area contributed by atoms with Crippen LogP contribution in [0.25, 0.3) is 0 Å². The van der Waals surface area contributed by atoms with Crippen molar-refractivity contribution < 1.29 is 9.18 Å². The second kappa shape index (κ2) is 8.04. The van der Waals surface area contributed by atoms with Crippen LogP contribution in [-0.4, -0.2) is 26.0 Å². The van der Waals surface area contributed by atoms with Crippen molar-refractivity contribution in [2.45, 2.75) is 36.7 Å². The molecular weight excluding hydrogens is 413 g/mol. The van der Waals surface area contributed by atoms with Gasteiger partial charge in [0.15, 0.2) is 5.82 Å². The van der Waals surface area contributed by atoms with Gasteiger partial charge in [-0.25, -0.2) is 9.07 Å². The van der Waals surface area contributed by atoms with Gasteiger partial charge in [-0.1, -0.05) is 48.5 Å². The lowest BCUT2D eigenvalue weighted by molar-refractivity contribution is -0.116. The van der Waals surface area contributed by atoms with Crippen molar-refractivity contribution in [1.29, 1.82) is 0 Å². The van der Waals surface area contributed by atoms with Crippen LogP contribution in [-0.2, 0) is 11.2 Å². The molecule has 29 heavy (non-hydrogen) atoms. The first-order valence-corrected chi connectivity index (χ1v) is 10.4. The Morgan fingerprint density at radius 2 is 2.03 bits per heavy atom. The van der Waals surface area contributed by atoms with Gasteiger partial charge in [0.05, 0.1) is 6.04 Å². The maximum Gasteiger partial charge on any atom is 0.240 e. The van der Waals surface area contributed by atoms with Gasteiger partial charge in [-0.3, -0.25) is 4.79 Å². The summed E-state index contributed by atoms with van der Waals surface area (Å²) in [6.07, 6.45) is 0.690. The van der Waals surface area contributed by atoms with Crippen LogP contribution in [0.5, 0.6) is 0 Å². The molecular formula is C20H19ClFN5OS. The first-order chi connectivity index (χ1) is 14.0. The largest absolute Gasteiger partial charge is 0.325 e. The van der Waals surface area contributed by atoms with Crippen LogP contribution >= 0.6 is 23.4 Å². The molecule has 0 saturated carbocycles. The maximum absolute atomic E-state index is 13.4. The second-order valence-electron chi connectivity index (χ2n) is 6.73. The average Bonchev–Trinajstić information content (AvgIpc) is 3.12. The standard InChI is InChI=1S/C20H19ClFN5OS/c1-3-16-24-25-20-27(16)26-17(12-5-8-14(22)9-6-12)18(29-20)19(28)23-15-10-13(21)7-4-11(15)2/h4-10,17-18,26H,3H2,1-2H3,(H,23,28)/t17-,18-/m1/s1. The van der Waals surface area contributed by atoms with Crippen LogP contribution in [0.4, 0.5) is 10.1 Å². The van der Waals surface area contributed by atoms with Gasteiger partial charge in [0, 0.05) is 17.1 Å². The van der Waals surface area contributed by atoms with Gasteiger partial charge in [-0.05, 0) is 42.3 Å². The number of fused-ring (bicyclic) bond motifs is 1. The number of carbonyl (C=O) groups is 1. The molecule has 0 bridgehead atoms. The van der Waals surface area contributed by atoms with Crippen LogP contribution < -0.4 is 10.7 Å². The average molecular weight is 432 g/mol. The first-order valence-electron chi connectivity index (χ1n) is 9.16. The Labute approximate surface area is 176 Å². The lowest BCUT2D eigenvalue weighted by Crippen LogP contribution is -2.41. The number of amides is 1. The third-order valence-electron chi connectivity index (χ3n) is 4.76. The minimum atomic E-state index is -0.541. The highest BCUT2D eigenvalue weighted by Crippen LogP contribution is 2.38. The Morgan fingerprint density at radius 3 is 2.76 bits per heavy atom. The van der Waals surface area contributed by atoms with E-state index in [0.29, 0.717) is 22.3 Å². The molecule has 2 aromatic carbocycles. The predicted octanol–water partition coefficient (Wildman–Crippen LogP) is 4.34. The zero-order chi connectivity index (χ0) is 20.5. The molecule has 1 amide bonds. The van der Waals surface area contributed by atoms with Gasteiger partial charge in [0.25, 0.3) is 0 Å². The summed E-state index contributed by atoms with van der Waals surface area (Å²) in [4.78, 5) is 13.2. The molecule has 0 fully saturated rings. The molecule has 4 rings (SSSR count). The molecule has 1 aromatic heterocycles. The molecule has 1 aliphatic heterocycles. The maximum atomic E-state index is 13.4. The van der Waals surface area contributed by atoms with Crippen molar-refractivity contribution in [2.75, 3.05) is 10.7 Å². The molecule has 0 saturated heterocycles. The SMILES string of the molecule is CCc1nnc2n1N[C@H](c1ccc(F)cc1)[C@H](C(=O)Nc1cc(Cl)ccc1C)S2. The van der Waals surface area contributed by atoms with Crippen molar-refractivity contribution in [3.8, 4) is 0 Å². The summed E-state index contributed by atoms with van der Waals surface area (Å²) in [5.74, 6) is 0.241. The van der Waals surface area contributed by atoms with Crippen LogP contribution in [0.1, 0.15) is 29.9 Å². The number of nitrogens with zero attached hydrogens (tertiary/aromatic N) is 3. The Balaban J connectivity index is 1.68. The van der Waals surface area contributed by atoms with Gasteiger partial charge >= 0.3 is 0 Å². The highest BCUT2D eigenvalue weighted by atomic mass is 35.5. The van der Waals surface area contributed by atoms with Crippen LogP contribution in [0.2, 0.25) is 5.02 Å². The Bertz CT molecular complexity index is 1060. The molecule has 3 aromatic rings. The number of anilines is 1. The fraction of sp³-hybridized carbons (Fsp3) is 0.250. The van der Waals surface area contributed by atoms with E-state index in [0.717, 1.165) is 17.0 Å². The van der Waals surface area contributed by atoms with E-state index in [9.17, 15) is 9.18 Å². The number of thioether (sulfide) groups is 1. The van der Waals surface area contributed by atoms with E-state index in [-0.39, 0.29) is 11.7 Å². The highest BCUT2D eigenvalue weighted by Gasteiger charge is 2.37. The summed E-state index contributed by atoms with van der Waals surface area (Å²) in [5, 5.41) is 12.0. The molecule has 2 heterocycles. The molecule has 1 aliphatic rings. The van der Waals surface area contributed by atoms with E-state index in [4.69, 9.17) is 11.6 Å². The van der Waals surface area contributed by atoms with Gasteiger partial charge in [0.2, 0.25) is 11.1 Å². The van der Waals surface area contributed by atoms with E-state index in [1.807, 2.05) is 19.9 Å². The molecule has 0 spiro atoms. The number of hydrogen-bond donors (Lipinski definition) is 2. The van der Waals surface area contributed by atoms with E-state index in [2.05, 4.69) is 20.9 Å². The van der Waals surface area contributed by atoms with Gasteiger partial charge in [-0.15, -0.1) is 10.2 Å². The molecule has 0 unspecified atom stereocenters. The minimum Gasteiger partial charge on any atom is -0.325 e. The molecule has 0 aliphatic carbocycles. The van der Waals surface area contributed by atoms with Crippen molar-refractivity contribution in [2.24, 2.45) is 0 Å². The van der Waals surface area contributed by atoms with Crippen molar-refractivity contribution in [3.63, 3.8) is 0 Å². The van der Waals surface area contributed by atoms with Crippen molar-refractivity contribution >= 4 is 35.0 Å². The fourth-order valence-corrected chi connectivity index (χ4v) is 4.45. The number of aromatic nitrogens is 3. The minimum absolute atomic E-state index is 0.200. The number of nitrogens with one attached hydrogen (secondary N) is 2. The molecule has 6 nitrogen and oxygen atoms in total. The third kappa shape index (κ3) is 3.95. The molecule has 2 N–H and O–H groups in total. The molecule has 2 atom stereocenters. The summed E-state index contributed by atoms with van der Waals surface area (Å²) in [6.45, 7) is 3.89. The summed E-state index contributed by atoms with van der Waals surface area (Å²) in [6, 6.07) is 11.1. The number of halogens is 2. The number of rotatable bonds is 4. The van der Waals surface area contributed by atoms with Crippen LogP contribution in [0, 0.1) is 12.7 Å². The Kier molecular flexibility index (Phi) is 5.47. The summed E-state index contributed by atoms with van der Waals surface area (Å²) < 4.78 is 15.2. The van der Waals surface area contributed by atoms with Crippen molar-refractivity contribution in [3.05, 3.63) is 70.3 Å². The van der Waals surface area contributed by atoms with Crippen LogP contribution in [0.15, 0.2) is 47.6 Å². The van der Waals surface area contributed by atoms with Crippen molar-refractivity contribution in [1.82, 2.24) is 14.9 Å². The predicted molar refractivity (Wildman–Crippen MR) is 112 cm³/mol. The molecule has 9 heteroatoms. The van der Waals surface area contributed by atoms with E-state index in [1.54, 1.807) is 28.9 Å². The van der Waals surface area contributed by atoms with Crippen LogP contribution in [0.3, 0.4) is 0 Å².